The van der Waals surface area contributed by atoms with Gasteiger partial charge in [-0.3, -0.25) is 9.59 Å². The van der Waals surface area contributed by atoms with Gasteiger partial charge in [0.1, 0.15) is 6.04 Å². The SMILES string of the molecule is O=C(N[C@@H](Cc1ccc(NC(=O)c2c(Cl)cccc2Cl)cc1)C(=O)O)c1ccccc1Br. The molecule has 0 aliphatic carbocycles. The molecule has 0 fully saturated rings. The van der Waals surface area contributed by atoms with Crippen LogP contribution in [0.1, 0.15) is 26.3 Å². The second-order valence-corrected chi connectivity index (χ2v) is 8.46. The van der Waals surface area contributed by atoms with Crippen molar-refractivity contribution in [3.63, 3.8) is 0 Å². The van der Waals surface area contributed by atoms with Crippen LogP contribution in [0.2, 0.25) is 10.0 Å². The third-order valence-corrected chi connectivity index (χ3v) is 5.88. The smallest absolute Gasteiger partial charge is 0.326 e. The van der Waals surface area contributed by atoms with Gasteiger partial charge in [-0.1, -0.05) is 53.5 Å². The molecule has 2 amide bonds. The molecular formula is C23H17BrCl2N2O4. The van der Waals surface area contributed by atoms with Gasteiger partial charge in [-0.25, -0.2) is 4.79 Å². The zero-order valence-corrected chi connectivity index (χ0v) is 19.5. The minimum Gasteiger partial charge on any atom is -0.480 e. The van der Waals surface area contributed by atoms with Gasteiger partial charge in [0.05, 0.1) is 21.2 Å². The van der Waals surface area contributed by atoms with E-state index in [1.807, 2.05) is 0 Å². The number of carboxylic acid groups (broad SMARTS) is 1. The Balaban J connectivity index is 1.68. The second kappa shape index (κ2) is 10.6. The molecule has 6 nitrogen and oxygen atoms in total. The maximum Gasteiger partial charge on any atom is 0.326 e. The van der Waals surface area contributed by atoms with Crippen LogP contribution in [0.15, 0.2) is 71.2 Å². The Labute approximate surface area is 202 Å². The summed E-state index contributed by atoms with van der Waals surface area (Å²) in [4.78, 5) is 36.6. The molecule has 9 heteroatoms. The van der Waals surface area contributed by atoms with E-state index in [4.69, 9.17) is 23.2 Å². The van der Waals surface area contributed by atoms with E-state index in [1.54, 1.807) is 66.7 Å². The normalized spacial score (nSPS) is 11.5. The van der Waals surface area contributed by atoms with Gasteiger partial charge in [0.2, 0.25) is 0 Å². The number of nitrogens with one attached hydrogen (secondary N) is 2. The highest BCUT2D eigenvalue weighted by Gasteiger charge is 2.22. The van der Waals surface area contributed by atoms with Crippen molar-refractivity contribution < 1.29 is 19.5 Å². The molecule has 0 aromatic heterocycles. The second-order valence-electron chi connectivity index (χ2n) is 6.80. The maximum atomic E-state index is 12.5. The fourth-order valence-electron chi connectivity index (χ4n) is 2.95. The Kier molecular flexibility index (Phi) is 7.90. The van der Waals surface area contributed by atoms with E-state index < -0.39 is 23.8 Å². The predicted octanol–water partition coefficient (Wildman–Crippen LogP) is 5.43. The van der Waals surface area contributed by atoms with Gasteiger partial charge in [0.25, 0.3) is 11.8 Å². The van der Waals surface area contributed by atoms with Gasteiger partial charge in [-0.2, -0.15) is 0 Å². The molecule has 0 unspecified atom stereocenters. The summed E-state index contributed by atoms with van der Waals surface area (Å²) >= 11 is 15.4. The Hall–Kier alpha value is -2.87. The molecule has 3 rings (SSSR count). The third kappa shape index (κ3) is 5.88. The van der Waals surface area contributed by atoms with Crippen molar-refractivity contribution in [2.45, 2.75) is 12.5 Å². The molecule has 0 bridgehead atoms. The Morgan fingerprint density at radius 1 is 0.875 bits per heavy atom. The standard InChI is InChI=1S/C23H17BrCl2N2O4/c24-16-5-2-1-4-15(16)21(29)28-19(23(31)32)12-13-8-10-14(11-9-13)27-22(30)20-17(25)6-3-7-18(20)26/h1-11,19H,12H2,(H,27,30)(H,28,29)(H,31,32)/t19-/m0/s1. The quantitative estimate of drug-likeness (QED) is 0.375. The highest BCUT2D eigenvalue weighted by atomic mass is 79.9. The van der Waals surface area contributed by atoms with Crippen molar-refractivity contribution in [3.8, 4) is 0 Å². The van der Waals surface area contributed by atoms with E-state index in [9.17, 15) is 19.5 Å². The average Bonchev–Trinajstić information content (AvgIpc) is 2.74. The number of carbonyl (C=O) groups is 3. The predicted molar refractivity (Wildman–Crippen MR) is 128 cm³/mol. The fourth-order valence-corrected chi connectivity index (χ4v) is 3.98. The molecule has 32 heavy (non-hydrogen) atoms. The summed E-state index contributed by atoms with van der Waals surface area (Å²) in [5.74, 6) is -2.11. The molecule has 0 saturated carbocycles. The van der Waals surface area contributed by atoms with E-state index in [-0.39, 0.29) is 22.0 Å². The van der Waals surface area contributed by atoms with E-state index in [0.717, 1.165) is 0 Å². The third-order valence-electron chi connectivity index (χ3n) is 4.56. The lowest BCUT2D eigenvalue weighted by Gasteiger charge is -2.16. The number of anilines is 1. The summed E-state index contributed by atoms with van der Waals surface area (Å²) in [5, 5.41) is 15.2. The van der Waals surface area contributed by atoms with Gasteiger partial charge >= 0.3 is 5.97 Å². The Morgan fingerprint density at radius 2 is 1.50 bits per heavy atom. The first-order valence-corrected chi connectivity index (χ1v) is 10.9. The van der Waals surface area contributed by atoms with Crippen LogP contribution in [0.5, 0.6) is 0 Å². The number of benzene rings is 3. The Bertz CT molecular complexity index is 1150. The summed E-state index contributed by atoms with van der Waals surface area (Å²) in [5.41, 5.74) is 1.66. The Morgan fingerprint density at radius 3 is 2.09 bits per heavy atom. The lowest BCUT2D eigenvalue weighted by Crippen LogP contribution is -2.42. The van der Waals surface area contributed by atoms with Gasteiger partial charge < -0.3 is 15.7 Å². The number of carbonyl (C=O) groups excluding carboxylic acids is 2. The molecule has 0 aliphatic rings. The number of carboxylic acids is 1. The van der Waals surface area contributed by atoms with Gasteiger partial charge in [0.15, 0.2) is 0 Å². The molecule has 0 heterocycles. The largest absolute Gasteiger partial charge is 0.480 e. The molecule has 164 valence electrons. The van der Waals surface area contributed by atoms with Crippen LogP contribution < -0.4 is 10.6 Å². The van der Waals surface area contributed by atoms with Crippen LogP contribution in [-0.4, -0.2) is 28.9 Å². The van der Waals surface area contributed by atoms with Crippen LogP contribution in [0, 0.1) is 0 Å². The number of rotatable bonds is 7. The molecule has 0 saturated heterocycles. The van der Waals surface area contributed by atoms with Crippen molar-refractivity contribution >= 4 is 62.6 Å². The molecule has 0 spiro atoms. The van der Waals surface area contributed by atoms with Gasteiger partial charge in [0, 0.05) is 16.6 Å². The highest BCUT2D eigenvalue weighted by Crippen LogP contribution is 2.25. The average molecular weight is 536 g/mol. The minimum absolute atomic E-state index is 0.0656. The van der Waals surface area contributed by atoms with E-state index in [0.29, 0.717) is 21.3 Å². The first-order valence-electron chi connectivity index (χ1n) is 9.38. The van der Waals surface area contributed by atoms with Crippen molar-refractivity contribution in [1.82, 2.24) is 5.32 Å². The van der Waals surface area contributed by atoms with E-state index in [1.165, 1.54) is 0 Å². The molecule has 0 radical (unpaired) electrons. The van der Waals surface area contributed by atoms with Crippen molar-refractivity contribution in [1.29, 1.82) is 0 Å². The number of amides is 2. The van der Waals surface area contributed by atoms with Crippen LogP contribution >= 0.6 is 39.1 Å². The van der Waals surface area contributed by atoms with Crippen molar-refractivity contribution in [3.05, 3.63) is 97.9 Å². The first kappa shape index (κ1) is 23.8. The summed E-state index contributed by atoms with van der Waals surface area (Å²) in [6, 6.07) is 17.0. The zero-order chi connectivity index (χ0) is 23.3. The van der Waals surface area contributed by atoms with Crippen LogP contribution in [0.4, 0.5) is 5.69 Å². The van der Waals surface area contributed by atoms with Crippen LogP contribution in [0.3, 0.4) is 0 Å². The summed E-state index contributed by atoms with van der Waals surface area (Å²) in [6.45, 7) is 0. The maximum absolute atomic E-state index is 12.5. The highest BCUT2D eigenvalue weighted by molar-refractivity contribution is 9.10. The van der Waals surface area contributed by atoms with Crippen LogP contribution in [0.25, 0.3) is 0 Å². The molecule has 3 aromatic rings. The fraction of sp³-hybridized carbons (Fsp3) is 0.0870. The number of hydrogen-bond donors (Lipinski definition) is 3. The monoisotopic (exact) mass is 534 g/mol. The zero-order valence-electron chi connectivity index (χ0n) is 16.4. The topological polar surface area (TPSA) is 95.5 Å². The molecule has 0 aliphatic heterocycles. The lowest BCUT2D eigenvalue weighted by atomic mass is 10.0. The minimum atomic E-state index is -1.16. The van der Waals surface area contributed by atoms with E-state index in [2.05, 4.69) is 26.6 Å². The molecular weight excluding hydrogens is 519 g/mol. The molecule has 1 atom stereocenters. The first-order chi connectivity index (χ1) is 15.3. The number of halogens is 3. The number of hydrogen-bond acceptors (Lipinski definition) is 3. The van der Waals surface area contributed by atoms with Gasteiger partial charge in [-0.15, -0.1) is 0 Å². The summed E-state index contributed by atoms with van der Waals surface area (Å²) in [6.07, 6.45) is 0.0656. The van der Waals surface area contributed by atoms with Crippen LogP contribution in [-0.2, 0) is 11.2 Å². The molecule has 3 N–H and O–H groups in total. The van der Waals surface area contributed by atoms with Crippen molar-refractivity contribution in [2.24, 2.45) is 0 Å². The molecule has 3 aromatic carbocycles. The summed E-state index contributed by atoms with van der Waals surface area (Å²) in [7, 11) is 0. The van der Waals surface area contributed by atoms with Gasteiger partial charge in [-0.05, 0) is 57.9 Å². The summed E-state index contributed by atoms with van der Waals surface area (Å²) < 4.78 is 0.570. The lowest BCUT2D eigenvalue weighted by molar-refractivity contribution is -0.139. The van der Waals surface area contributed by atoms with E-state index >= 15 is 0 Å². The van der Waals surface area contributed by atoms with Crippen molar-refractivity contribution in [2.75, 3.05) is 5.32 Å². The number of aliphatic carboxylic acids is 1.